The van der Waals surface area contributed by atoms with Gasteiger partial charge < -0.3 is 10.8 Å². The first-order valence-corrected chi connectivity index (χ1v) is 6.89. The lowest BCUT2D eigenvalue weighted by molar-refractivity contribution is 0.475. The van der Waals surface area contributed by atoms with Crippen LogP contribution in [0.4, 0.5) is 5.69 Å². The summed E-state index contributed by atoms with van der Waals surface area (Å²) in [6.07, 6.45) is 0. The Morgan fingerprint density at radius 3 is 2.53 bits per heavy atom. The van der Waals surface area contributed by atoms with E-state index in [9.17, 15) is 5.11 Å². The van der Waals surface area contributed by atoms with Gasteiger partial charge in [0.25, 0.3) is 0 Å². The minimum Gasteiger partial charge on any atom is -0.508 e. The van der Waals surface area contributed by atoms with Crippen LogP contribution in [-0.2, 0) is 5.75 Å². The van der Waals surface area contributed by atoms with E-state index in [1.807, 2.05) is 30.3 Å². The number of nitrogens with two attached hydrogens (primary N) is 1. The molecule has 3 N–H and O–H groups in total. The number of hydrogen-bond acceptors (Lipinski definition) is 3. The minimum atomic E-state index is 0.292. The molecule has 0 aliphatic rings. The molecule has 17 heavy (non-hydrogen) atoms. The van der Waals surface area contributed by atoms with Crippen molar-refractivity contribution in [2.75, 3.05) is 5.73 Å². The Hall–Kier alpha value is -1.13. The maximum Gasteiger partial charge on any atom is 0.115 e. The molecule has 0 heterocycles. The van der Waals surface area contributed by atoms with Crippen molar-refractivity contribution in [2.24, 2.45) is 0 Å². The molecular formula is C13H12BrNOS. The molecule has 0 amide bonds. The van der Waals surface area contributed by atoms with Gasteiger partial charge in [0, 0.05) is 20.8 Å². The van der Waals surface area contributed by atoms with Gasteiger partial charge in [0.1, 0.15) is 5.75 Å². The molecule has 0 fully saturated rings. The Bertz CT molecular complexity index is 513. The molecule has 0 aromatic heterocycles. The maximum absolute atomic E-state index is 9.19. The van der Waals surface area contributed by atoms with Crippen LogP contribution < -0.4 is 5.73 Å². The molecule has 2 aromatic rings. The highest BCUT2D eigenvalue weighted by Crippen LogP contribution is 2.30. The van der Waals surface area contributed by atoms with Gasteiger partial charge in [-0.25, -0.2) is 0 Å². The van der Waals surface area contributed by atoms with Crippen LogP contribution in [0.25, 0.3) is 0 Å². The second-order valence-electron chi connectivity index (χ2n) is 3.64. The summed E-state index contributed by atoms with van der Waals surface area (Å²) in [5.41, 5.74) is 7.84. The predicted molar refractivity (Wildman–Crippen MR) is 76.2 cm³/mol. The van der Waals surface area contributed by atoms with Gasteiger partial charge in [-0.15, -0.1) is 11.8 Å². The number of phenols is 1. The highest BCUT2D eigenvalue weighted by molar-refractivity contribution is 9.10. The first-order chi connectivity index (χ1) is 8.15. The number of aromatic hydroxyl groups is 1. The molecule has 4 heteroatoms. The molecule has 0 saturated carbocycles. The van der Waals surface area contributed by atoms with Crippen molar-refractivity contribution in [3.63, 3.8) is 0 Å². The molecule has 2 aromatic carbocycles. The molecule has 0 aliphatic heterocycles. The number of hydrogen-bond donors (Lipinski definition) is 2. The van der Waals surface area contributed by atoms with Gasteiger partial charge in [-0.1, -0.05) is 28.1 Å². The molecular weight excluding hydrogens is 298 g/mol. The lowest BCUT2D eigenvalue weighted by Crippen LogP contribution is -1.88. The average Bonchev–Trinajstić information content (AvgIpc) is 2.32. The van der Waals surface area contributed by atoms with E-state index in [1.54, 1.807) is 23.9 Å². The van der Waals surface area contributed by atoms with Crippen LogP contribution >= 0.6 is 27.7 Å². The third-order valence-electron chi connectivity index (χ3n) is 2.31. The van der Waals surface area contributed by atoms with Gasteiger partial charge >= 0.3 is 0 Å². The summed E-state index contributed by atoms with van der Waals surface area (Å²) in [5, 5.41) is 9.19. The van der Waals surface area contributed by atoms with E-state index in [4.69, 9.17) is 5.73 Å². The van der Waals surface area contributed by atoms with E-state index in [0.717, 1.165) is 26.4 Å². The Labute approximate surface area is 113 Å². The Morgan fingerprint density at radius 2 is 1.82 bits per heavy atom. The smallest absolute Gasteiger partial charge is 0.115 e. The fourth-order valence-corrected chi connectivity index (χ4v) is 2.86. The van der Waals surface area contributed by atoms with Gasteiger partial charge in [0.15, 0.2) is 0 Å². The molecule has 2 nitrogen and oxygen atoms in total. The SMILES string of the molecule is Nc1ccc(Br)cc1SCc1ccc(O)cc1. The van der Waals surface area contributed by atoms with Crippen LogP contribution in [0.3, 0.4) is 0 Å². The number of thioether (sulfide) groups is 1. The summed E-state index contributed by atoms with van der Waals surface area (Å²) >= 11 is 5.11. The largest absolute Gasteiger partial charge is 0.508 e. The third kappa shape index (κ3) is 3.41. The quantitative estimate of drug-likeness (QED) is 0.664. The van der Waals surface area contributed by atoms with Crippen molar-refractivity contribution >= 4 is 33.4 Å². The molecule has 0 atom stereocenters. The van der Waals surface area contributed by atoms with Crippen LogP contribution in [0.15, 0.2) is 51.8 Å². The normalized spacial score (nSPS) is 10.4. The second kappa shape index (κ2) is 5.47. The van der Waals surface area contributed by atoms with Gasteiger partial charge in [0.05, 0.1) is 0 Å². The number of rotatable bonds is 3. The lowest BCUT2D eigenvalue weighted by atomic mass is 10.2. The zero-order chi connectivity index (χ0) is 12.3. The van der Waals surface area contributed by atoms with E-state index in [2.05, 4.69) is 15.9 Å². The van der Waals surface area contributed by atoms with E-state index in [1.165, 1.54) is 0 Å². The number of anilines is 1. The molecule has 0 saturated heterocycles. The van der Waals surface area contributed by atoms with Crippen LogP contribution in [0.2, 0.25) is 0 Å². The number of nitrogen functional groups attached to an aromatic ring is 1. The molecule has 0 radical (unpaired) electrons. The maximum atomic E-state index is 9.19. The summed E-state index contributed by atoms with van der Waals surface area (Å²) in [6, 6.07) is 13.1. The number of phenolic OH excluding ortho intramolecular Hbond substituents is 1. The Balaban J connectivity index is 2.07. The summed E-state index contributed by atoms with van der Waals surface area (Å²) in [5.74, 6) is 1.13. The number of halogens is 1. The van der Waals surface area contributed by atoms with E-state index < -0.39 is 0 Å². The second-order valence-corrected chi connectivity index (χ2v) is 5.57. The average molecular weight is 310 g/mol. The van der Waals surface area contributed by atoms with Gasteiger partial charge in [-0.2, -0.15) is 0 Å². The van der Waals surface area contributed by atoms with Gasteiger partial charge in [-0.3, -0.25) is 0 Å². The molecule has 0 bridgehead atoms. The molecule has 0 unspecified atom stereocenters. The van der Waals surface area contributed by atoms with E-state index >= 15 is 0 Å². The van der Waals surface area contributed by atoms with Crippen molar-refractivity contribution in [1.29, 1.82) is 0 Å². The van der Waals surface area contributed by atoms with Gasteiger partial charge in [0.2, 0.25) is 0 Å². The monoisotopic (exact) mass is 309 g/mol. The van der Waals surface area contributed by atoms with E-state index in [-0.39, 0.29) is 0 Å². The summed E-state index contributed by atoms with van der Waals surface area (Å²) in [4.78, 5) is 1.06. The first-order valence-electron chi connectivity index (χ1n) is 5.11. The Morgan fingerprint density at radius 1 is 1.12 bits per heavy atom. The van der Waals surface area contributed by atoms with Crippen LogP contribution in [-0.4, -0.2) is 5.11 Å². The molecule has 0 spiro atoms. The topological polar surface area (TPSA) is 46.2 Å². The first kappa shape index (κ1) is 12.3. The van der Waals surface area contributed by atoms with Crippen LogP contribution in [0.1, 0.15) is 5.56 Å². The zero-order valence-electron chi connectivity index (χ0n) is 9.06. The molecule has 0 aliphatic carbocycles. The van der Waals surface area contributed by atoms with Gasteiger partial charge in [-0.05, 0) is 35.9 Å². The third-order valence-corrected chi connectivity index (χ3v) is 3.94. The fourth-order valence-electron chi connectivity index (χ4n) is 1.39. The van der Waals surface area contributed by atoms with Crippen LogP contribution in [0, 0.1) is 0 Å². The fraction of sp³-hybridized carbons (Fsp3) is 0.0769. The minimum absolute atomic E-state index is 0.292. The van der Waals surface area contributed by atoms with Crippen molar-refractivity contribution in [3.05, 3.63) is 52.5 Å². The zero-order valence-corrected chi connectivity index (χ0v) is 11.5. The van der Waals surface area contributed by atoms with E-state index in [0.29, 0.717) is 5.75 Å². The number of benzene rings is 2. The highest BCUT2D eigenvalue weighted by atomic mass is 79.9. The standard InChI is InChI=1S/C13H12BrNOS/c14-10-3-6-12(15)13(7-10)17-8-9-1-4-11(16)5-2-9/h1-7,16H,8,15H2. The lowest BCUT2D eigenvalue weighted by Gasteiger charge is -2.06. The van der Waals surface area contributed by atoms with Crippen molar-refractivity contribution < 1.29 is 5.11 Å². The van der Waals surface area contributed by atoms with Crippen molar-refractivity contribution in [1.82, 2.24) is 0 Å². The molecule has 88 valence electrons. The Kier molecular flexibility index (Phi) is 3.97. The highest BCUT2D eigenvalue weighted by Gasteiger charge is 2.02. The summed E-state index contributed by atoms with van der Waals surface area (Å²) in [6.45, 7) is 0. The summed E-state index contributed by atoms with van der Waals surface area (Å²) < 4.78 is 1.03. The van der Waals surface area contributed by atoms with Crippen LogP contribution in [0.5, 0.6) is 5.75 Å². The van der Waals surface area contributed by atoms with Crippen molar-refractivity contribution in [2.45, 2.75) is 10.6 Å². The molecule has 2 rings (SSSR count). The van der Waals surface area contributed by atoms with Crippen molar-refractivity contribution in [3.8, 4) is 5.75 Å². The predicted octanol–water partition coefficient (Wildman–Crippen LogP) is 4.03. The summed E-state index contributed by atoms with van der Waals surface area (Å²) in [7, 11) is 0.